The summed E-state index contributed by atoms with van der Waals surface area (Å²) in [7, 11) is 0. The van der Waals surface area contributed by atoms with E-state index in [2.05, 4.69) is 35.9 Å². The second-order valence-corrected chi connectivity index (χ2v) is 4.83. The lowest BCUT2D eigenvalue weighted by atomic mass is 10.1. The Morgan fingerprint density at radius 1 is 1.16 bits per heavy atom. The maximum atomic E-state index is 6.04. The number of nitrogens with two attached hydrogens (primary N) is 1. The Morgan fingerprint density at radius 2 is 2.00 bits per heavy atom. The molecule has 0 saturated heterocycles. The van der Waals surface area contributed by atoms with Gasteiger partial charge in [0, 0.05) is 25.0 Å². The summed E-state index contributed by atoms with van der Waals surface area (Å²) < 4.78 is 0. The van der Waals surface area contributed by atoms with Crippen LogP contribution in [0.5, 0.6) is 0 Å². The van der Waals surface area contributed by atoms with E-state index in [9.17, 15) is 0 Å². The van der Waals surface area contributed by atoms with Gasteiger partial charge in [-0.1, -0.05) is 30.7 Å². The minimum atomic E-state index is 0.852. The smallest absolute Gasteiger partial charge is 0.0544 e. The average Bonchev–Trinajstić information content (AvgIpc) is 2.43. The third-order valence-electron chi connectivity index (χ3n) is 3.25. The minimum Gasteiger partial charge on any atom is -0.398 e. The number of anilines is 1. The van der Waals surface area contributed by atoms with Crippen molar-refractivity contribution in [2.75, 3.05) is 12.3 Å². The van der Waals surface area contributed by atoms with E-state index in [-0.39, 0.29) is 0 Å². The van der Waals surface area contributed by atoms with Crippen LogP contribution in [0.1, 0.15) is 23.7 Å². The molecule has 0 bridgehead atoms. The highest BCUT2D eigenvalue weighted by Crippen LogP contribution is 2.17. The summed E-state index contributed by atoms with van der Waals surface area (Å²) in [6.45, 7) is 6.95. The summed E-state index contributed by atoms with van der Waals surface area (Å²) in [4.78, 5) is 6.72. The van der Waals surface area contributed by atoms with E-state index in [0.717, 1.165) is 31.0 Å². The molecule has 0 fully saturated rings. The zero-order valence-corrected chi connectivity index (χ0v) is 11.6. The van der Waals surface area contributed by atoms with Crippen LogP contribution in [0.25, 0.3) is 0 Å². The molecule has 3 nitrogen and oxygen atoms in total. The highest BCUT2D eigenvalue weighted by molar-refractivity contribution is 5.48. The molecule has 0 atom stereocenters. The van der Waals surface area contributed by atoms with Crippen molar-refractivity contribution in [2.24, 2.45) is 0 Å². The van der Waals surface area contributed by atoms with Crippen molar-refractivity contribution in [1.29, 1.82) is 0 Å². The standard InChI is InChI=1S/C16H21N3/c1-3-19(12-15-6-4-5-9-18-15)11-14-10-13(2)7-8-16(14)17/h4-10H,3,11-12,17H2,1-2H3. The van der Waals surface area contributed by atoms with Gasteiger partial charge < -0.3 is 5.73 Å². The van der Waals surface area contributed by atoms with Gasteiger partial charge in [0.15, 0.2) is 0 Å². The number of rotatable bonds is 5. The maximum absolute atomic E-state index is 6.04. The van der Waals surface area contributed by atoms with Gasteiger partial charge in [0.25, 0.3) is 0 Å². The summed E-state index contributed by atoms with van der Waals surface area (Å²) >= 11 is 0. The predicted molar refractivity (Wildman–Crippen MR) is 79.6 cm³/mol. The fourth-order valence-electron chi connectivity index (χ4n) is 2.11. The van der Waals surface area contributed by atoms with Crippen molar-refractivity contribution in [3.63, 3.8) is 0 Å². The molecule has 0 aliphatic carbocycles. The van der Waals surface area contributed by atoms with Crippen molar-refractivity contribution >= 4 is 5.69 Å². The normalized spacial score (nSPS) is 10.9. The molecule has 0 radical (unpaired) electrons. The van der Waals surface area contributed by atoms with Gasteiger partial charge in [-0.2, -0.15) is 0 Å². The first kappa shape index (κ1) is 13.6. The van der Waals surface area contributed by atoms with E-state index in [1.54, 1.807) is 0 Å². The van der Waals surface area contributed by atoms with Crippen molar-refractivity contribution in [3.8, 4) is 0 Å². The van der Waals surface area contributed by atoms with Gasteiger partial charge in [0.2, 0.25) is 0 Å². The number of aryl methyl sites for hydroxylation is 1. The molecule has 1 heterocycles. The average molecular weight is 255 g/mol. The number of pyridine rings is 1. The molecule has 100 valence electrons. The molecule has 3 heteroatoms. The fraction of sp³-hybridized carbons (Fsp3) is 0.312. The Bertz CT molecular complexity index is 523. The Hall–Kier alpha value is -1.87. The molecule has 0 aliphatic heterocycles. The predicted octanol–water partition coefficient (Wildman–Crippen LogP) is 2.99. The molecule has 0 unspecified atom stereocenters. The number of hydrogen-bond acceptors (Lipinski definition) is 3. The lowest BCUT2D eigenvalue weighted by Gasteiger charge is -2.21. The zero-order chi connectivity index (χ0) is 13.7. The van der Waals surface area contributed by atoms with Gasteiger partial charge in [0.1, 0.15) is 0 Å². The number of hydrogen-bond donors (Lipinski definition) is 1. The van der Waals surface area contributed by atoms with Gasteiger partial charge in [-0.3, -0.25) is 9.88 Å². The van der Waals surface area contributed by atoms with E-state index >= 15 is 0 Å². The number of nitrogens with zero attached hydrogens (tertiary/aromatic N) is 2. The fourth-order valence-corrected chi connectivity index (χ4v) is 2.11. The molecule has 0 amide bonds. The molecular formula is C16H21N3. The van der Waals surface area contributed by atoms with Gasteiger partial charge in [0.05, 0.1) is 5.69 Å². The number of aromatic nitrogens is 1. The molecule has 1 aromatic carbocycles. The van der Waals surface area contributed by atoms with Crippen molar-refractivity contribution in [3.05, 3.63) is 59.4 Å². The highest BCUT2D eigenvalue weighted by Gasteiger charge is 2.08. The molecular weight excluding hydrogens is 234 g/mol. The second kappa shape index (κ2) is 6.34. The van der Waals surface area contributed by atoms with Crippen LogP contribution in [0.2, 0.25) is 0 Å². The number of nitrogen functional groups attached to an aromatic ring is 1. The van der Waals surface area contributed by atoms with Crippen LogP contribution < -0.4 is 5.73 Å². The van der Waals surface area contributed by atoms with Crippen molar-refractivity contribution in [1.82, 2.24) is 9.88 Å². The molecule has 1 aromatic heterocycles. The molecule has 2 aromatic rings. The summed E-state index contributed by atoms with van der Waals surface area (Å²) in [5.74, 6) is 0. The first-order valence-electron chi connectivity index (χ1n) is 6.66. The van der Waals surface area contributed by atoms with Crippen LogP contribution in [-0.4, -0.2) is 16.4 Å². The first-order chi connectivity index (χ1) is 9.19. The monoisotopic (exact) mass is 255 g/mol. The largest absolute Gasteiger partial charge is 0.398 e. The van der Waals surface area contributed by atoms with Gasteiger partial charge in [-0.25, -0.2) is 0 Å². The summed E-state index contributed by atoms with van der Waals surface area (Å²) in [6, 6.07) is 12.2. The molecule has 2 N–H and O–H groups in total. The van der Waals surface area contributed by atoms with Crippen LogP contribution in [0.15, 0.2) is 42.6 Å². The van der Waals surface area contributed by atoms with Crippen molar-refractivity contribution in [2.45, 2.75) is 26.9 Å². The summed E-state index contributed by atoms with van der Waals surface area (Å²) in [5.41, 5.74) is 10.4. The number of benzene rings is 1. The van der Waals surface area contributed by atoms with Crippen LogP contribution >= 0.6 is 0 Å². The van der Waals surface area contributed by atoms with Gasteiger partial charge >= 0.3 is 0 Å². The molecule has 19 heavy (non-hydrogen) atoms. The van der Waals surface area contributed by atoms with E-state index in [1.807, 2.05) is 30.5 Å². The molecule has 0 aliphatic rings. The Morgan fingerprint density at radius 3 is 2.68 bits per heavy atom. The first-order valence-corrected chi connectivity index (χ1v) is 6.66. The SMILES string of the molecule is CCN(Cc1ccccn1)Cc1cc(C)ccc1N. The summed E-state index contributed by atoms with van der Waals surface area (Å²) in [6.07, 6.45) is 1.84. The van der Waals surface area contributed by atoms with Crippen molar-refractivity contribution < 1.29 is 0 Å². The minimum absolute atomic E-state index is 0.852. The maximum Gasteiger partial charge on any atom is 0.0544 e. The van der Waals surface area contributed by atoms with Crippen LogP contribution in [0.4, 0.5) is 5.69 Å². The zero-order valence-electron chi connectivity index (χ0n) is 11.6. The second-order valence-electron chi connectivity index (χ2n) is 4.83. The molecule has 2 rings (SSSR count). The van der Waals surface area contributed by atoms with Crippen LogP contribution in [0, 0.1) is 6.92 Å². The van der Waals surface area contributed by atoms with E-state index in [1.165, 1.54) is 11.1 Å². The van der Waals surface area contributed by atoms with E-state index in [4.69, 9.17) is 5.73 Å². The Balaban J connectivity index is 2.09. The third-order valence-corrected chi connectivity index (χ3v) is 3.25. The quantitative estimate of drug-likeness (QED) is 0.835. The highest BCUT2D eigenvalue weighted by atomic mass is 15.1. The lowest BCUT2D eigenvalue weighted by molar-refractivity contribution is 0.268. The molecule has 0 saturated carbocycles. The van der Waals surface area contributed by atoms with Gasteiger partial charge in [-0.15, -0.1) is 0 Å². The topological polar surface area (TPSA) is 42.2 Å². The Kier molecular flexibility index (Phi) is 4.53. The molecule has 0 spiro atoms. The summed E-state index contributed by atoms with van der Waals surface area (Å²) in [5, 5.41) is 0. The van der Waals surface area contributed by atoms with Crippen LogP contribution in [0.3, 0.4) is 0 Å². The van der Waals surface area contributed by atoms with Gasteiger partial charge in [-0.05, 0) is 37.2 Å². The third kappa shape index (κ3) is 3.80. The van der Waals surface area contributed by atoms with E-state index in [0.29, 0.717) is 0 Å². The lowest BCUT2D eigenvalue weighted by Crippen LogP contribution is -2.23. The van der Waals surface area contributed by atoms with Crippen LogP contribution in [-0.2, 0) is 13.1 Å². The Labute approximate surface area is 115 Å². The van der Waals surface area contributed by atoms with E-state index < -0.39 is 0 Å².